The summed E-state index contributed by atoms with van der Waals surface area (Å²) in [4.78, 5) is 2.00. The molecule has 10 heteroatoms. The topological polar surface area (TPSA) is 83.2 Å². The quantitative estimate of drug-likeness (QED) is 0.217. The molecule has 1 saturated heterocycles. The minimum absolute atomic E-state index is 0.0535. The lowest BCUT2D eigenvalue weighted by Gasteiger charge is -2.22. The zero-order valence-corrected chi connectivity index (χ0v) is 26.4. The van der Waals surface area contributed by atoms with Crippen molar-refractivity contribution in [3.05, 3.63) is 132 Å². The molecular formula is C35H30N6O2S2. The molecule has 1 fully saturated rings. The first-order valence-corrected chi connectivity index (χ1v) is 17.2. The largest absolute Gasteiger partial charge is 0.289 e. The van der Waals surface area contributed by atoms with E-state index in [1.54, 1.807) is 24.3 Å². The van der Waals surface area contributed by atoms with Gasteiger partial charge in [0.2, 0.25) is 0 Å². The summed E-state index contributed by atoms with van der Waals surface area (Å²) in [5.41, 5.74) is 8.53. The van der Waals surface area contributed by atoms with Crippen molar-refractivity contribution in [3.8, 4) is 16.9 Å². The second-order valence-electron chi connectivity index (χ2n) is 11.4. The van der Waals surface area contributed by atoms with Crippen LogP contribution in [0.1, 0.15) is 28.4 Å². The van der Waals surface area contributed by atoms with Crippen LogP contribution in [-0.2, 0) is 22.9 Å². The van der Waals surface area contributed by atoms with Gasteiger partial charge in [-0.2, -0.15) is 18.6 Å². The minimum atomic E-state index is -4.04. The second-order valence-corrected chi connectivity index (χ2v) is 14.1. The normalized spacial score (nSPS) is 19.8. The predicted octanol–water partition coefficient (Wildman–Crippen LogP) is 6.61. The average Bonchev–Trinajstić information content (AvgIpc) is 3.69. The molecule has 45 heavy (non-hydrogen) atoms. The number of hydrogen-bond acceptors (Lipinski definition) is 6. The van der Waals surface area contributed by atoms with Gasteiger partial charge in [-0.25, -0.2) is 4.68 Å². The fourth-order valence-electron chi connectivity index (χ4n) is 6.54. The molecule has 8 nitrogen and oxygen atoms in total. The van der Waals surface area contributed by atoms with E-state index in [4.69, 9.17) is 10.2 Å². The van der Waals surface area contributed by atoms with Gasteiger partial charge in [0.05, 0.1) is 27.6 Å². The number of hydrazone groups is 1. The molecule has 1 aromatic heterocycles. The summed E-state index contributed by atoms with van der Waals surface area (Å²) in [5.74, 6) is 0.770. The van der Waals surface area contributed by atoms with Gasteiger partial charge in [0.15, 0.2) is 11.0 Å². The van der Waals surface area contributed by atoms with Crippen LogP contribution in [-0.4, -0.2) is 46.5 Å². The van der Waals surface area contributed by atoms with E-state index in [1.165, 1.54) is 28.5 Å². The summed E-state index contributed by atoms with van der Waals surface area (Å²) in [6.45, 7) is 2.08. The first-order chi connectivity index (χ1) is 21.9. The molecule has 4 aromatic carbocycles. The number of benzene rings is 4. The zero-order chi connectivity index (χ0) is 30.7. The Morgan fingerprint density at radius 2 is 1.51 bits per heavy atom. The van der Waals surface area contributed by atoms with Gasteiger partial charge in [-0.1, -0.05) is 84.6 Å². The molecule has 2 unspecified atom stereocenters. The molecule has 8 rings (SSSR count). The number of thioether (sulfide) groups is 1. The molecule has 3 aliphatic rings. The standard InChI is InChI=1S/C35H30N6O2S2/c1-23-29-22-17-24-11-9-10-16-30(24)31(29)36-41(23)27-18-20-28(21-19-27)45(42,43)38-35-40(26-14-7-4-8-15-26)34-33(44-35)32(39(2)37-34)25-12-5-3-6-13-25/h3-16,18-21,32-33H,17,22H2,1-2H3/b38-35-. The van der Waals surface area contributed by atoms with Crippen LogP contribution >= 0.6 is 11.8 Å². The van der Waals surface area contributed by atoms with Crippen molar-refractivity contribution in [2.45, 2.75) is 36.0 Å². The molecule has 0 N–H and O–H groups in total. The van der Waals surface area contributed by atoms with E-state index in [0.717, 1.165) is 47.0 Å². The lowest BCUT2D eigenvalue weighted by atomic mass is 9.89. The van der Waals surface area contributed by atoms with Crippen LogP contribution in [0, 0.1) is 6.92 Å². The van der Waals surface area contributed by atoms with E-state index < -0.39 is 10.0 Å². The number of para-hydroxylation sites is 1. The maximum absolute atomic E-state index is 13.8. The van der Waals surface area contributed by atoms with Crippen LogP contribution < -0.4 is 4.90 Å². The molecule has 224 valence electrons. The van der Waals surface area contributed by atoms with Gasteiger partial charge in [0.25, 0.3) is 10.0 Å². The van der Waals surface area contributed by atoms with Crippen molar-refractivity contribution in [1.29, 1.82) is 0 Å². The molecule has 0 bridgehead atoms. The number of aromatic nitrogens is 2. The SMILES string of the molecule is Cc1c2c(nn1-c1ccc(S(=O)(=O)/N=C3\SC4C(=NN(C)C4c4ccccc4)N3c3ccccc3)cc1)-c1ccccc1CC2. The van der Waals surface area contributed by atoms with Gasteiger partial charge >= 0.3 is 0 Å². The Morgan fingerprint density at radius 1 is 0.822 bits per heavy atom. The Morgan fingerprint density at radius 3 is 2.27 bits per heavy atom. The first kappa shape index (κ1) is 27.8. The number of nitrogens with zero attached hydrogens (tertiary/aromatic N) is 6. The maximum atomic E-state index is 13.8. The lowest BCUT2D eigenvalue weighted by molar-refractivity contribution is 0.293. The number of hydrogen-bond donors (Lipinski definition) is 0. The zero-order valence-electron chi connectivity index (χ0n) is 24.8. The summed E-state index contributed by atoms with van der Waals surface area (Å²) in [6.07, 6.45) is 1.92. The number of anilines is 1. The molecular weight excluding hydrogens is 601 g/mol. The van der Waals surface area contributed by atoms with E-state index in [9.17, 15) is 8.42 Å². The van der Waals surface area contributed by atoms with Crippen LogP contribution in [0.15, 0.2) is 124 Å². The molecule has 0 amide bonds. The highest BCUT2D eigenvalue weighted by molar-refractivity contribution is 8.16. The highest BCUT2D eigenvalue weighted by atomic mass is 32.2. The Balaban J connectivity index is 1.14. The third-order valence-corrected chi connectivity index (χ3v) is 11.4. The van der Waals surface area contributed by atoms with Crippen LogP contribution in [0.3, 0.4) is 0 Å². The van der Waals surface area contributed by atoms with E-state index in [-0.39, 0.29) is 16.2 Å². The van der Waals surface area contributed by atoms with Crippen LogP contribution in [0.4, 0.5) is 5.69 Å². The van der Waals surface area contributed by atoms with Crippen molar-refractivity contribution in [2.75, 3.05) is 11.9 Å². The first-order valence-electron chi connectivity index (χ1n) is 14.9. The molecule has 2 aliphatic heterocycles. The van der Waals surface area contributed by atoms with Crippen molar-refractivity contribution in [1.82, 2.24) is 14.8 Å². The lowest BCUT2D eigenvalue weighted by Crippen LogP contribution is -2.32. The van der Waals surface area contributed by atoms with Crippen molar-refractivity contribution in [2.24, 2.45) is 9.50 Å². The fraction of sp³-hybridized carbons (Fsp3) is 0.171. The Labute approximate surface area is 266 Å². The summed E-state index contributed by atoms with van der Waals surface area (Å²) >= 11 is 1.43. The van der Waals surface area contributed by atoms with Crippen LogP contribution in [0.25, 0.3) is 16.9 Å². The summed E-state index contributed by atoms with van der Waals surface area (Å²) < 4.78 is 34.0. The third-order valence-electron chi connectivity index (χ3n) is 8.75. The fourth-order valence-corrected chi connectivity index (χ4v) is 9.13. The van der Waals surface area contributed by atoms with Crippen LogP contribution in [0.5, 0.6) is 0 Å². The number of aryl methyl sites for hydroxylation is 1. The Bertz CT molecular complexity index is 2090. The summed E-state index contributed by atoms with van der Waals surface area (Å²) in [7, 11) is -2.08. The van der Waals surface area contributed by atoms with E-state index in [2.05, 4.69) is 41.7 Å². The highest BCUT2D eigenvalue weighted by Gasteiger charge is 2.48. The maximum Gasteiger partial charge on any atom is 0.284 e. The second kappa shape index (κ2) is 10.7. The number of amidine groups is 2. The molecule has 5 aromatic rings. The number of rotatable bonds is 5. The smallest absolute Gasteiger partial charge is 0.284 e. The van der Waals surface area contributed by atoms with E-state index in [1.807, 2.05) is 76.2 Å². The third kappa shape index (κ3) is 4.67. The monoisotopic (exact) mass is 630 g/mol. The Hall–Kier alpha value is -4.67. The van der Waals surface area contributed by atoms with Gasteiger partial charge in [-0.15, -0.1) is 4.40 Å². The van der Waals surface area contributed by atoms with Gasteiger partial charge in [-0.3, -0.25) is 9.91 Å². The molecule has 3 heterocycles. The Kier molecular flexibility index (Phi) is 6.65. The summed E-state index contributed by atoms with van der Waals surface area (Å²) in [5, 5.41) is 12.1. The molecule has 0 radical (unpaired) electrons. The van der Waals surface area contributed by atoms with Gasteiger partial charge < -0.3 is 0 Å². The van der Waals surface area contributed by atoms with Gasteiger partial charge in [0, 0.05) is 29.6 Å². The van der Waals surface area contributed by atoms with E-state index >= 15 is 0 Å². The van der Waals surface area contributed by atoms with Crippen LogP contribution in [0.2, 0.25) is 0 Å². The predicted molar refractivity (Wildman–Crippen MR) is 180 cm³/mol. The van der Waals surface area contributed by atoms with Crippen molar-refractivity contribution in [3.63, 3.8) is 0 Å². The van der Waals surface area contributed by atoms with Crippen molar-refractivity contribution >= 4 is 38.5 Å². The number of fused-ring (bicyclic) bond motifs is 4. The number of sulfonamides is 1. The highest BCUT2D eigenvalue weighted by Crippen LogP contribution is 2.45. The van der Waals surface area contributed by atoms with Crippen molar-refractivity contribution < 1.29 is 8.42 Å². The molecule has 0 spiro atoms. The average molecular weight is 631 g/mol. The molecule has 1 aliphatic carbocycles. The van der Waals surface area contributed by atoms with E-state index in [0.29, 0.717) is 5.17 Å². The van der Waals surface area contributed by atoms with Gasteiger partial charge in [0.1, 0.15) is 0 Å². The molecule has 0 saturated carbocycles. The summed E-state index contributed by atoms with van der Waals surface area (Å²) in [6, 6.07) is 35.1. The minimum Gasteiger partial charge on any atom is -0.289 e. The molecule has 2 atom stereocenters. The van der Waals surface area contributed by atoms with Gasteiger partial charge in [-0.05, 0) is 67.3 Å².